The molecule has 0 nitrogen and oxygen atoms in total. The summed E-state index contributed by atoms with van der Waals surface area (Å²) in [5.74, 6) is 2.44. The third-order valence-electron chi connectivity index (χ3n) is 1.41. The lowest BCUT2D eigenvalue weighted by Gasteiger charge is -1.98. The molecule has 0 N–H and O–H groups in total. The summed E-state index contributed by atoms with van der Waals surface area (Å²) in [6.07, 6.45) is 19.9. The van der Waals surface area contributed by atoms with Crippen molar-refractivity contribution in [1.82, 2.24) is 0 Å². The first-order chi connectivity index (χ1) is 5.43. The second-order valence-electron chi connectivity index (χ2n) is 2.26. The van der Waals surface area contributed by atoms with Crippen molar-refractivity contribution in [3.63, 3.8) is 0 Å². The van der Waals surface area contributed by atoms with E-state index in [1.807, 2.05) is 24.3 Å². The first kappa shape index (κ1) is 7.63. The van der Waals surface area contributed by atoms with E-state index in [0.29, 0.717) is 0 Å². The molecule has 0 amide bonds. The normalized spacial score (nSPS) is 19.4. The van der Waals surface area contributed by atoms with Gasteiger partial charge in [-0.3, -0.25) is 0 Å². The van der Waals surface area contributed by atoms with Gasteiger partial charge >= 0.3 is 0 Å². The van der Waals surface area contributed by atoms with Crippen molar-refractivity contribution in [2.24, 2.45) is 0 Å². The smallest absolute Gasteiger partial charge is 0.00943 e. The van der Waals surface area contributed by atoms with Gasteiger partial charge < -0.3 is 0 Å². The molecule has 0 heterocycles. The summed E-state index contributed by atoms with van der Waals surface area (Å²) in [4.78, 5) is 0. The number of allylic oxidation sites excluding steroid dienone is 8. The molecule has 54 valence electrons. The molecule has 0 spiro atoms. The second-order valence-corrected chi connectivity index (χ2v) is 2.26. The van der Waals surface area contributed by atoms with Gasteiger partial charge in [0.15, 0.2) is 0 Å². The summed E-state index contributed by atoms with van der Waals surface area (Å²) in [6, 6.07) is 0. The van der Waals surface area contributed by atoms with Crippen molar-refractivity contribution in [2.45, 2.75) is 6.42 Å². The molecule has 11 heavy (non-hydrogen) atoms. The van der Waals surface area contributed by atoms with Crippen LogP contribution in [0.1, 0.15) is 6.42 Å². The van der Waals surface area contributed by atoms with E-state index in [-0.39, 0.29) is 0 Å². The van der Waals surface area contributed by atoms with Crippen LogP contribution in [0.4, 0.5) is 0 Å². The first-order valence-electron chi connectivity index (χ1n) is 3.58. The van der Waals surface area contributed by atoms with Crippen molar-refractivity contribution in [3.8, 4) is 12.3 Å². The topological polar surface area (TPSA) is 0 Å². The Morgan fingerprint density at radius 1 is 1.45 bits per heavy atom. The number of rotatable bonds is 1. The predicted molar refractivity (Wildman–Crippen MR) is 49.0 cm³/mol. The van der Waals surface area contributed by atoms with E-state index in [9.17, 15) is 0 Å². The van der Waals surface area contributed by atoms with E-state index in [1.165, 1.54) is 5.57 Å². The minimum Gasteiger partial charge on any atom is -0.115 e. The van der Waals surface area contributed by atoms with Crippen LogP contribution < -0.4 is 0 Å². The fraction of sp³-hybridized carbons (Fsp3) is 0.0909. The summed E-state index contributed by atoms with van der Waals surface area (Å²) in [7, 11) is 0. The number of hydrogen-bond donors (Lipinski definition) is 0. The summed E-state index contributed by atoms with van der Waals surface area (Å²) in [5, 5.41) is 0. The van der Waals surface area contributed by atoms with Crippen LogP contribution in [0.5, 0.6) is 0 Å². The molecule has 0 atom stereocenters. The molecule has 0 aliphatic heterocycles. The van der Waals surface area contributed by atoms with E-state index in [0.717, 1.165) is 6.42 Å². The molecular weight excluding hydrogens is 132 g/mol. The third-order valence-corrected chi connectivity index (χ3v) is 1.41. The van der Waals surface area contributed by atoms with E-state index >= 15 is 0 Å². The van der Waals surface area contributed by atoms with E-state index in [4.69, 9.17) is 6.42 Å². The monoisotopic (exact) mass is 142 g/mol. The molecule has 0 saturated heterocycles. The Kier molecular flexibility index (Phi) is 3.02. The average molecular weight is 142 g/mol. The van der Waals surface area contributed by atoms with Gasteiger partial charge in [0, 0.05) is 0 Å². The van der Waals surface area contributed by atoms with Crippen LogP contribution in [0.25, 0.3) is 0 Å². The molecular formula is C11H10. The van der Waals surface area contributed by atoms with E-state index in [2.05, 4.69) is 18.1 Å². The summed E-state index contributed by atoms with van der Waals surface area (Å²) >= 11 is 0. The van der Waals surface area contributed by atoms with Crippen LogP contribution in [0.3, 0.4) is 0 Å². The lowest BCUT2D eigenvalue weighted by molar-refractivity contribution is 1.26. The van der Waals surface area contributed by atoms with E-state index in [1.54, 1.807) is 6.08 Å². The Labute approximate surface area is 67.6 Å². The maximum absolute atomic E-state index is 5.05. The highest BCUT2D eigenvalue weighted by Crippen LogP contribution is 2.09. The van der Waals surface area contributed by atoms with Crippen LogP contribution >= 0.6 is 0 Å². The molecule has 0 radical (unpaired) electrons. The van der Waals surface area contributed by atoms with Crippen LogP contribution in [-0.2, 0) is 0 Å². The Hall–Kier alpha value is -1.48. The van der Waals surface area contributed by atoms with Gasteiger partial charge in [-0.1, -0.05) is 42.4 Å². The molecule has 0 saturated carbocycles. The quantitative estimate of drug-likeness (QED) is 0.494. The molecule has 1 aliphatic rings. The third kappa shape index (κ3) is 2.73. The van der Waals surface area contributed by atoms with Gasteiger partial charge in [0.2, 0.25) is 0 Å². The maximum Gasteiger partial charge on any atom is -0.00943 e. The molecule has 0 heteroatoms. The molecule has 1 rings (SSSR count). The molecule has 0 aromatic rings. The first-order valence-corrected chi connectivity index (χ1v) is 3.58. The SMILES string of the molecule is C#C/C=C\C=C1\C=CC=CC1. The summed E-state index contributed by atoms with van der Waals surface area (Å²) in [6.45, 7) is 0. The van der Waals surface area contributed by atoms with Crippen molar-refractivity contribution < 1.29 is 0 Å². The zero-order valence-electron chi connectivity index (χ0n) is 6.33. The molecule has 0 aromatic heterocycles. The number of terminal acetylenes is 1. The van der Waals surface area contributed by atoms with Crippen molar-refractivity contribution in [2.75, 3.05) is 0 Å². The van der Waals surface area contributed by atoms with Crippen LogP contribution in [0.2, 0.25) is 0 Å². The van der Waals surface area contributed by atoms with Gasteiger partial charge in [-0.2, -0.15) is 0 Å². The van der Waals surface area contributed by atoms with Gasteiger partial charge in [-0.25, -0.2) is 0 Å². The van der Waals surface area contributed by atoms with Crippen LogP contribution in [-0.4, -0.2) is 0 Å². The lowest BCUT2D eigenvalue weighted by Crippen LogP contribution is -1.78. The van der Waals surface area contributed by atoms with Gasteiger partial charge in [0.05, 0.1) is 0 Å². The second kappa shape index (κ2) is 4.35. The fourth-order valence-corrected chi connectivity index (χ4v) is 0.881. The lowest BCUT2D eigenvalue weighted by atomic mass is 10.1. The van der Waals surface area contributed by atoms with Gasteiger partial charge in [-0.15, -0.1) is 6.42 Å². The Balaban J connectivity index is 2.56. The van der Waals surface area contributed by atoms with Crippen molar-refractivity contribution in [1.29, 1.82) is 0 Å². The predicted octanol–water partition coefficient (Wildman–Crippen LogP) is 2.62. The fourth-order valence-electron chi connectivity index (χ4n) is 0.881. The zero-order valence-corrected chi connectivity index (χ0v) is 6.33. The van der Waals surface area contributed by atoms with Crippen LogP contribution in [0, 0.1) is 12.3 Å². The van der Waals surface area contributed by atoms with Crippen molar-refractivity contribution >= 4 is 0 Å². The molecule has 0 fully saturated rings. The van der Waals surface area contributed by atoms with Crippen LogP contribution in [0.15, 0.2) is 48.1 Å². The minimum atomic E-state index is 1.01. The Bertz CT molecular complexity index is 267. The number of hydrogen-bond acceptors (Lipinski definition) is 0. The zero-order chi connectivity index (χ0) is 7.94. The van der Waals surface area contributed by atoms with Gasteiger partial charge in [0.1, 0.15) is 0 Å². The molecule has 1 aliphatic carbocycles. The Morgan fingerprint density at radius 3 is 3.00 bits per heavy atom. The largest absolute Gasteiger partial charge is 0.115 e. The molecule has 0 unspecified atom stereocenters. The summed E-state index contributed by atoms with van der Waals surface area (Å²) < 4.78 is 0. The van der Waals surface area contributed by atoms with Crippen molar-refractivity contribution in [3.05, 3.63) is 48.1 Å². The maximum atomic E-state index is 5.05. The molecule has 0 bridgehead atoms. The Morgan fingerprint density at radius 2 is 2.36 bits per heavy atom. The van der Waals surface area contributed by atoms with E-state index < -0.39 is 0 Å². The molecule has 0 aromatic carbocycles. The average Bonchev–Trinajstić information content (AvgIpc) is 2.07. The summed E-state index contributed by atoms with van der Waals surface area (Å²) in [5.41, 5.74) is 1.29. The van der Waals surface area contributed by atoms with Gasteiger partial charge in [-0.05, 0) is 18.1 Å². The minimum absolute atomic E-state index is 1.01. The van der Waals surface area contributed by atoms with Gasteiger partial charge in [0.25, 0.3) is 0 Å². The highest BCUT2D eigenvalue weighted by Gasteiger charge is 1.89. The highest BCUT2D eigenvalue weighted by atomic mass is 13.9. The highest BCUT2D eigenvalue weighted by molar-refractivity contribution is 5.33. The standard InChI is InChI=1S/C11H10/c1-2-3-5-8-11-9-6-4-7-10-11/h1,3-9H,10H2/b5-3-,11-8-.